The van der Waals surface area contributed by atoms with Gasteiger partial charge in [-0.3, -0.25) is 9.59 Å². The predicted molar refractivity (Wildman–Crippen MR) is 113 cm³/mol. The van der Waals surface area contributed by atoms with E-state index in [1.54, 1.807) is 4.90 Å². The second-order valence-electron chi connectivity index (χ2n) is 7.64. The Morgan fingerprint density at radius 3 is 2.33 bits per heavy atom. The van der Waals surface area contributed by atoms with Gasteiger partial charge in [0.25, 0.3) is 5.91 Å². The molecule has 3 N–H and O–H groups in total. The lowest BCUT2D eigenvalue weighted by Gasteiger charge is -2.32. The minimum atomic E-state index is -0.237. The normalized spacial score (nSPS) is 14.4. The summed E-state index contributed by atoms with van der Waals surface area (Å²) in [5.74, 6) is 0.265. The van der Waals surface area contributed by atoms with Crippen LogP contribution >= 0.6 is 0 Å². The zero-order valence-corrected chi connectivity index (χ0v) is 17.1. The quantitative estimate of drug-likeness (QED) is 0.607. The van der Waals surface area contributed by atoms with Gasteiger partial charge in [-0.2, -0.15) is 0 Å². The summed E-state index contributed by atoms with van der Waals surface area (Å²) in [5.41, 5.74) is 1.43. The number of aryl methyl sites for hydroxylation is 1. The summed E-state index contributed by atoms with van der Waals surface area (Å²) in [6.45, 7) is 3.53. The van der Waals surface area contributed by atoms with E-state index in [1.807, 2.05) is 31.2 Å². The van der Waals surface area contributed by atoms with Crippen LogP contribution in [0.15, 0.2) is 42.5 Å². The number of phenolic OH excluding ortho intramolecular Hbond substituents is 2. The Morgan fingerprint density at radius 2 is 1.70 bits per heavy atom. The molecule has 2 aromatic carbocycles. The van der Waals surface area contributed by atoms with Gasteiger partial charge < -0.3 is 25.2 Å². The van der Waals surface area contributed by atoms with Crippen LogP contribution in [-0.2, 0) is 4.79 Å². The first-order chi connectivity index (χ1) is 14.4. The number of rotatable bonds is 7. The highest BCUT2D eigenvalue weighted by Gasteiger charge is 2.25. The molecule has 0 spiro atoms. The number of benzene rings is 2. The van der Waals surface area contributed by atoms with Crippen molar-refractivity contribution in [2.24, 2.45) is 0 Å². The van der Waals surface area contributed by atoms with Gasteiger partial charge in [0.2, 0.25) is 5.91 Å². The van der Waals surface area contributed by atoms with Crippen LogP contribution in [0.25, 0.3) is 0 Å². The molecular weight excluding hydrogens is 384 g/mol. The van der Waals surface area contributed by atoms with Crippen LogP contribution in [0.3, 0.4) is 0 Å². The number of amides is 2. The number of aromatic hydroxyl groups is 2. The van der Waals surface area contributed by atoms with Gasteiger partial charge in [0.05, 0.1) is 6.61 Å². The first-order valence-corrected chi connectivity index (χ1v) is 10.2. The molecule has 0 saturated carbocycles. The van der Waals surface area contributed by atoms with Gasteiger partial charge in [-0.25, -0.2) is 0 Å². The maximum Gasteiger partial charge on any atom is 0.254 e. The third kappa shape index (κ3) is 6.14. The number of carbonyl (C=O) groups is 2. The van der Waals surface area contributed by atoms with Crippen molar-refractivity contribution in [3.8, 4) is 17.2 Å². The van der Waals surface area contributed by atoms with Gasteiger partial charge in [0.1, 0.15) is 17.2 Å². The first-order valence-electron chi connectivity index (χ1n) is 10.2. The topological polar surface area (TPSA) is 99.1 Å². The Kier molecular flexibility index (Phi) is 7.17. The molecular formula is C23H28N2O5. The smallest absolute Gasteiger partial charge is 0.254 e. The second kappa shape index (κ2) is 10.0. The summed E-state index contributed by atoms with van der Waals surface area (Å²) >= 11 is 0. The summed E-state index contributed by atoms with van der Waals surface area (Å²) in [6, 6.07) is 11.7. The number of nitrogens with zero attached hydrogens (tertiary/aromatic N) is 1. The molecule has 1 heterocycles. The standard InChI is InChI=1S/C23H28N2O5/c1-16-4-6-21(7-5-16)30-12-2-3-22(28)24-18-8-10-25(11-9-18)23(29)17-13-19(26)15-20(27)14-17/h4-7,13-15,18,26-27H,2-3,8-12H2,1H3,(H,24,28). The fourth-order valence-electron chi connectivity index (χ4n) is 3.49. The van der Waals surface area contributed by atoms with Crippen LogP contribution in [0, 0.1) is 6.92 Å². The van der Waals surface area contributed by atoms with E-state index in [0.29, 0.717) is 45.4 Å². The molecule has 1 fully saturated rings. The van der Waals surface area contributed by atoms with Crippen molar-refractivity contribution in [2.45, 2.75) is 38.6 Å². The van der Waals surface area contributed by atoms with Crippen molar-refractivity contribution in [2.75, 3.05) is 19.7 Å². The van der Waals surface area contributed by atoms with Crippen molar-refractivity contribution >= 4 is 11.8 Å². The monoisotopic (exact) mass is 412 g/mol. The van der Waals surface area contributed by atoms with E-state index < -0.39 is 0 Å². The van der Waals surface area contributed by atoms with Gasteiger partial charge >= 0.3 is 0 Å². The van der Waals surface area contributed by atoms with Gasteiger partial charge in [0, 0.05) is 37.2 Å². The Labute approximate surface area is 176 Å². The summed E-state index contributed by atoms with van der Waals surface area (Å²) < 4.78 is 5.64. The van der Waals surface area contributed by atoms with Crippen LogP contribution in [0.5, 0.6) is 17.2 Å². The summed E-state index contributed by atoms with van der Waals surface area (Å²) in [4.78, 5) is 26.4. The molecule has 7 nitrogen and oxygen atoms in total. The van der Waals surface area contributed by atoms with Crippen molar-refractivity contribution in [1.82, 2.24) is 10.2 Å². The number of piperidine rings is 1. The number of hydrogen-bond acceptors (Lipinski definition) is 5. The fraction of sp³-hybridized carbons (Fsp3) is 0.391. The molecule has 0 aliphatic carbocycles. The van der Waals surface area contributed by atoms with E-state index in [9.17, 15) is 19.8 Å². The molecule has 0 bridgehead atoms. The Morgan fingerprint density at radius 1 is 1.07 bits per heavy atom. The molecule has 160 valence electrons. The molecule has 3 rings (SSSR count). The number of ether oxygens (including phenoxy) is 1. The molecule has 1 aliphatic heterocycles. The predicted octanol–water partition coefficient (Wildman–Crippen LogP) is 2.99. The Bertz CT molecular complexity index is 853. The van der Waals surface area contributed by atoms with Crippen LogP contribution in [-0.4, -0.2) is 52.7 Å². The molecule has 0 radical (unpaired) electrons. The van der Waals surface area contributed by atoms with Crippen LogP contribution in [0.4, 0.5) is 0 Å². The Balaban J connectivity index is 1.36. The Hall–Kier alpha value is -3.22. The minimum Gasteiger partial charge on any atom is -0.508 e. The molecule has 30 heavy (non-hydrogen) atoms. The summed E-state index contributed by atoms with van der Waals surface area (Å²) in [6.07, 6.45) is 2.37. The molecule has 1 saturated heterocycles. The highest BCUT2D eigenvalue weighted by atomic mass is 16.5. The van der Waals surface area contributed by atoms with Crippen molar-refractivity contribution in [3.63, 3.8) is 0 Å². The van der Waals surface area contributed by atoms with E-state index in [2.05, 4.69) is 5.32 Å². The number of nitrogens with one attached hydrogen (secondary N) is 1. The van der Waals surface area contributed by atoms with E-state index >= 15 is 0 Å². The third-order valence-corrected chi connectivity index (χ3v) is 5.13. The molecule has 0 aromatic heterocycles. The highest BCUT2D eigenvalue weighted by molar-refractivity contribution is 5.95. The van der Waals surface area contributed by atoms with Gasteiger partial charge in [-0.05, 0) is 50.5 Å². The zero-order valence-electron chi connectivity index (χ0n) is 17.1. The largest absolute Gasteiger partial charge is 0.508 e. The molecule has 2 amide bonds. The maximum atomic E-state index is 12.5. The van der Waals surface area contributed by atoms with E-state index in [4.69, 9.17) is 4.74 Å². The average Bonchev–Trinajstić information content (AvgIpc) is 2.72. The summed E-state index contributed by atoms with van der Waals surface area (Å²) in [7, 11) is 0. The first kappa shape index (κ1) is 21.5. The third-order valence-electron chi connectivity index (χ3n) is 5.13. The van der Waals surface area contributed by atoms with Gasteiger partial charge in [-0.15, -0.1) is 0 Å². The SMILES string of the molecule is Cc1ccc(OCCCC(=O)NC2CCN(C(=O)c3cc(O)cc(O)c3)CC2)cc1. The van der Waals surface area contributed by atoms with Crippen molar-refractivity contribution < 1.29 is 24.5 Å². The van der Waals surface area contributed by atoms with Gasteiger partial charge in [-0.1, -0.05) is 17.7 Å². The van der Waals surface area contributed by atoms with Crippen LogP contribution in [0.1, 0.15) is 41.6 Å². The number of hydrogen-bond donors (Lipinski definition) is 3. The number of carbonyl (C=O) groups excluding carboxylic acids is 2. The van der Waals surface area contributed by atoms with Crippen molar-refractivity contribution in [1.29, 1.82) is 0 Å². The highest BCUT2D eigenvalue weighted by Crippen LogP contribution is 2.23. The van der Waals surface area contributed by atoms with E-state index in [1.165, 1.54) is 23.8 Å². The zero-order chi connectivity index (χ0) is 21.5. The number of phenols is 2. The second-order valence-corrected chi connectivity index (χ2v) is 7.64. The van der Waals surface area contributed by atoms with Crippen LogP contribution in [0.2, 0.25) is 0 Å². The average molecular weight is 412 g/mol. The lowest BCUT2D eigenvalue weighted by molar-refractivity contribution is -0.122. The van der Waals surface area contributed by atoms with E-state index in [0.717, 1.165) is 5.75 Å². The van der Waals surface area contributed by atoms with Gasteiger partial charge in [0.15, 0.2) is 0 Å². The maximum absolute atomic E-state index is 12.5. The molecule has 1 aliphatic rings. The summed E-state index contributed by atoms with van der Waals surface area (Å²) in [5, 5.41) is 22.1. The van der Waals surface area contributed by atoms with Crippen molar-refractivity contribution in [3.05, 3.63) is 53.6 Å². The molecule has 0 unspecified atom stereocenters. The minimum absolute atomic E-state index is 0.00909. The number of likely N-dealkylation sites (tertiary alicyclic amines) is 1. The lowest BCUT2D eigenvalue weighted by atomic mass is 10.0. The fourth-order valence-corrected chi connectivity index (χ4v) is 3.49. The molecule has 7 heteroatoms. The molecule has 2 aromatic rings. The van der Waals surface area contributed by atoms with E-state index in [-0.39, 0.29) is 34.9 Å². The molecule has 0 atom stereocenters. The lowest BCUT2D eigenvalue weighted by Crippen LogP contribution is -2.46. The van der Waals surface area contributed by atoms with Crippen LogP contribution < -0.4 is 10.1 Å².